The number of amides is 1. The smallest absolute Gasteiger partial charge is 0.340 e. The maximum atomic E-state index is 13.8. The Bertz CT molecular complexity index is 1070. The van der Waals surface area contributed by atoms with Crippen LogP contribution in [0.5, 0.6) is 0 Å². The highest BCUT2D eigenvalue weighted by molar-refractivity contribution is 7.16. The number of nitrogens with zero attached hydrogens (tertiary/aromatic N) is 1. The zero-order valence-corrected chi connectivity index (χ0v) is 16.5. The molecule has 0 radical (unpaired) electrons. The molecule has 30 heavy (non-hydrogen) atoms. The number of thiophene rings is 1. The third-order valence-electron chi connectivity index (χ3n) is 3.85. The largest absolute Gasteiger partial charge is 0.465 e. The van der Waals surface area contributed by atoms with Crippen molar-refractivity contribution in [3.05, 3.63) is 56.7 Å². The summed E-state index contributed by atoms with van der Waals surface area (Å²) in [6.45, 7) is 3.64. The number of nitrogens with one attached hydrogen (secondary N) is 1. The van der Waals surface area contributed by atoms with Crippen LogP contribution in [0.2, 0.25) is 0 Å². The molecule has 1 amide bonds. The lowest BCUT2D eigenvalue weighted by atomic mass is 10.1. The molecule has 1 N–H and O–H groups in total. The molecule has 1 heterocycles. The molecule has 158 valence electrons. The van der Waals surface area contributed by atoms with E-state index >= 15 is 0 Å². The van der Waals surface area contributed by atoms with Gasteiger partial charge in [-0.1, -0.05) is 13.8 Å². The summed E-state index contributed by atoms with van der Waals surface area (Å²) in [6, 6.07) is 2.81. The van der Waals surface area contributed by atoms with Gasteiger partial charge in [0.15, 0.2) is 23.3 Å². The molecule has 1 aromatic heterocycles. The predicted octanol–water partition coefficient (Wildman–Crippen LogP) is 4.90. The van der Waals surface area contributed by atoms with Crippen LogP contribution >= 0.6 is 11.3 Å². The lowest BCUT2D eigenvalue weighted by Crippen LogP contribution is -2.15. The number of rotatable bonds is 5. The van der Waals surface area contributed by atoms with Gasteiger partial charge in [0.05, 0.1) is 18.2 Å². The highest BCUT2D eigenvalue weighted by Gasteiger charge is 2.26. The quantitative estimate of drug-likeness (QED) is 0.178. The summed E-state index contributed by atoms with van der Waals surface area (Å²) in [4.78, 5) is 25.0. The number of carbonyl (C=O) groups is 2. The van der Waals surface area contributed by atoms with Crippen LogP contribution in [0, 0.1) is 40.4 Å². The summed E-state index contributed by atoms with van der Waals surface area (Å²) in [5, 5.41) is 11.4. The van der Waals surface area contributed by atoms with Crippen LogP contribution in [0.1, 0.15) is 40.6 Å². The zero-order chi connectivity index (χ0) is 22.7. The van der Waals surface area contributed by atoms with Gasteiger partial charge in [-0.2, -0.15) is 5.26 Å². The Labute approximate surface area is 171 Å². The number of hydrogen-bond donors (Lipinski definition) is 1. The summed E-state index contributed by atoms with van der Waals surface area (Å²) in [7, 11) is 1.12. The van der Waals surface area contributed by atoms with E-state index < -0.39 is 52.1 Å². The van der Waals surface area contributed by atoms with Gasteiger partial charge in [-0.3, -0.25) is 4.79 Å². The molecule has 0 spiro atoms. The monoisotopic (exact) mass is 444 g/mol. The van der Waals surface area contributed by atoms with Crippen LogP contribution < -0.4 is 5.32 Å². The molecule has 0 saturated heterocycles. The summed E-state index contributed by atoms with van der Waals surface area (Å²) >= 11 is 1.000. The minimum Gasteiger partial charge on any atom is -0.465 e. The van der Waals surface area contributed by atoms with E-state index in [0.29, 0.717) is 4.88 Å². The normalized spacial score (nSPS) is 11.4. The van der Waals surface area contributed by atoms with E-state index in [4.69, 9.17) is 5.26 Å². The van der Waals surface area contributed by atoms with Gasteiger partial charge < -0.3 is 10.1 Å². The van der Waals surface area contributed by atoms with Crippen molar-refractivity contribution >= 4 is 34.3 Å². The molecule has 11 heteroatoms. The molecule has 0 saturated carbocycles. The summed E-state index contributed by atoms with van der Waals surface area (Å²) in [6.07, 6.45) is 0.236. The molecule has 0 aliphatic heterocycles. The third-order valence-corrected chi connectivity index (χ3v) is 5.20. The van der Waals surface area contributed by atoms with Crippen LogP contribution in [-0.2, 0) is 9.53 Å². The molecule has 0 unspecified atom stereocenters. The Hall–Kier alpha value is -3.26. The van der Waals surface area contributed by atoms with Crippen LogP contribution in [0.4, 0.5) is 27.0 Å². The van der Waals surface area contributed by atoms with Gasteiger partial charge in [0.25, 0.3) is 5.91 Å². The first-order valence-electron chi connectivity index (χ1n) is 8.20. The first kappa shape index (κ1) is 23.0. The number of anilines is 1. The fourth-order valence-electron chi connectivity index (χ4n) is 2.26. The summed E-state index contributed by atoms with van der Waals surface area (Å²) in [5.74, 6) is -13.2. The minimum atomic E-state index is -2.37. The van der Waals surface area contributed by atoms with Gasteiger partial charge in [0.1, 0.15) is 16.6 Å². The van der Waals surface area contributed by atoms with E-state index in [1.54, 1.807) is 0 Å². The fourth-order valence-corrected chi connectivity index (χ4v) is 3.31. The molecule has 0 aliphatic carbocycles. The molecule has 0 aliphatic rings. The maximum absolute atomic E-state index is 13.8. The number of carbonyl (C=O) groups excluding carboxylic acids is 2. The highest BCUT2D eigenvalue weighted by atomic mass is 32.1. The number of methoxy groups -OCH3 is 1. The van der Waals surface area contributed by atoms with Crippen molar-refractivity contribution in [3.8, 4) is 6.07 Å². The van der Waals surface area contributed by atoms with E-state index in [1.165, 1.54) is 12.1 Å². The predicted molar refractivity (Wildman–Crippen MR) is 98.2 cm³/mol. The number of ether oxygens (including phenoxy) is 1. The molecule has 2 rings (SSSR count). The Balaban J connectivity index is 2.49. The first-order chi connectivity index (χ1) is 14.0. The van der Waals surface area contributed by atoms with Crippen molar-refractivity contribution < 1.29 is 36.3 Å². The minimum absolute atomic E-state index is 0.00545. The van der Waals surface area contributed by atoms with Crippen molar-refractivity contribution in [3.63, 3.8) is 0 Å². The molecule has 0 atom stereocenters. The lowest BCUT2D eigenvalue weighted by molar-refractivity contribution is -0.112. The first-order valence-corrected chi connectivity index (χ1v) is 9.01. The fraction of sp³-hybridized carbons (Fsp3) is 0.211. The van der Waals surface area contributed by atoms with E-state index in [-0.39, 0.29) is 22.6 Å². The Kier molecular flexibility index (Phi) is 6.94. The van der Waals surface area contributed by atoms with E-state index in [9.17, 15) is 31.5 Å². The Morgan fingerprint density at radius 1 is 1.10 bits per heavy atom. The number of benzene rings is 1. The van der Waals surface area contributed by atoms with Crippen LogP contribution in [0.15, 0.2) is 11.6 Å². The SMILES string of the molecule is COC(=O)c1cc(C(C)C)sc1NC(=O)/C(C#N)=C/c1c(F)c(F)c(F)c(F)c1F. The van der Waals surface area contributed by atoms with Crippen molar-refractivity contribution in [1.29, 1.82) is 5.26 Å². The van der Waals surface area contributed by atoms with E-state index in [1.807, 2.05) is 13.8 Å². The van der Waals surface area contributed by atoms with Gasteiger partial charge >= 0.3 is 5.97 Å². The Morgan fingerprint density at radius 3 is 2.10 bits per heavy atom. The number of halogens is 5. The van der Waals surface area contributed by atoms with Crippen molar-refractivity contribution in [2.24, 2.45) is 0 Å². The molecular weight excluding hydrogens is 431 g/mol. The van der Waals surface area contributed by atoms with Crippen molar-refractivity contribution in [2.45, 2.75) is 19.8 Å². The van der Waals surface area contributed by atoms with E-state index in [2.05, 4.69) is 10.1 Å². The molecule has 0 bridgehead atoms. The van der Waals surface area contributed by atoms with Crippen LogP contribution in [-0.4, -0.2) is 19.0 Å². The molecule has 1 aromatic carbocycles. The van der Waals surface area contributed by atoms with Gasteiger partial charge in [-0.15, -0.1) is 11.3 Å². The second-order valence-electron chi connectivity index (χ2n) is 6.15. The molecule has 5 nitrogen and oxygen atoms in total. The van der Waals surface area contributed by atoms with E-state index in [0.717, 1.165) is 18.4 Å². The van der Waals surface area contributed by atoms with Gasteiger partial charge in [-0.25, -0.2) is 26.7 Å². The van der Waals surface area contributed by atoms with Crippen molar-refractivity contribution in [2.75, 3.05) is 12.4 Å². The van der Waals surface area contributed by atoms with Gasteiger partial charge in [0.2, 0.25) is 5.82 Å². The Morgan fingerprint density at radius 2 is 1.63 bits per heavy atom. The van der Waals surface area contributed by atoms with Crippen molar-refractivity contribution in [1.82, 2.24) is 0 Å². The molecule has 2 aromatic rings. The topological polar surface area (TPSA) is 79.2 Å². The summed E-state index contributed by atoms with van der Waals surface area (Å²) < 4.78 is 72.1. The van der Waals surface area contributed by atoms with Crippen LogP contribution in [0.25, 0.3) is 6.08 Å². The highest BCUT2D eigenvalue weighted by Crippen LogP contribution is 2.34. The second kappa shape index (κ2) is 9.04. The van der Waals surface area contributed by atoms with Gasteiger partial charge in [0, 0.05) is 4.88 Å². The molecular formula is C19H13F5N2O3S. The average molecular weight is 444 g/mol. The van der Waals surface area contributed by atoms with Gasteiger partial charge in [-0.05, 0) is 18.1 Å². The molecule has 0 fully saturated rings. The summed E-state index contributed by atoms with van der Waals surface area (Å²) in [5.41, 5.74) is -2.41. The average Bonchev–Trinajstić information content (AvgIpc) is 3.14. The van der Waals surface area contributed by atoms with Crippen LogP contribution in [0.3, 0.4) is 0 Å². The number of nitriles is 1. The number of hydrogen-bond acceptors (Lipinski definition) is 5. The second-order valence-corrected chi connectivity index (χ2v) is 7.23. The standard InChI is InChI=1S/C19H13F5N2O3S/c1-7(2)11-5-10(19(28)29-3)18(30-11)26-17(27)8(6-25)4-9-12(20)14(22)16(24)15(23)13(9)21/h4-5,7H,1-3H3,(H,26,27)/b8-4+. The zero-order valence-electron chi connectivity index (χ0n) is 15.7. The third kappa shape index (κ3) is 4.33. The maximum Gasteiger partial charge on any atom is 0.340 e. The number of esters is 1. The lowest BCUT2D eigenvalue weighted by Gasteiger charge is -2.07.